The summed E-state index contributed by atoms with van der Waals surface area (Å²) in [6.07, 6.45) is 0. The van der Waals surface area contributed by atoms with Gasteiger partial charge in [-0.2, -0.15) is 0 Å². The van der Waals surface area contributed by atoms with Crippen molar-refractivity contribution >= 4 is 33.3 Å². The molecular weight excluding hydrogens is 236 g/mol. The lowest BCUT2D eigenvalue weighted by atomic mass is 10.2. The second-order valence-electron chi connectivity index (χ2n) is 2.46. The number of carbonyl (C=O) groups is 1. The molecule has 0 amide bonds. The van der Waals surface area contributed by atoms with Crippen LogP contribution in [0.2, 0.25) is 0 Å². The molecule has 0 fully saturated rings. The maximum Gasteiger partial charge on any atom is 0.337 e. The first-order valence-corrected chi connectivity index (χ1v) is 4.28. The maximum absolute atomic E-state index is 11.1. The molecule has 0 saturated carbocycles. The predicted octanol–water partition coefficient (Wildman–Crippen LogP) is 1.40. The Morgan fingerprint density at radius 1 is 1.38 bits per heavy atom. The molecule has 0 aromatic heterocycles. The molecule has 0 bridgehead atoms. The molecule has 4 nitrogen and oxygen atoms in total. The fraction of sp³-hybridized carbons (Fsp3) is 0.125. The van der Waals surface area contributed by atoms with E-state index in [9.17, 15) is 4.79 Å². The lowest BCUT2D eigenvalue weighted by molar-refractivity contribution is 0.0601. The highest BCUT2D eigenvalue weighted by atomic mass is 79.9. The van der Waals surface area contributed by atoms with E-state index in [0.717, 1.165) is 0 Å². The van der Waals surface area contributed by atoms with Gasteiger partial charge in [-0.05, 0) is 28.1 Å². The number of halogens is 1. The van der Waals surface area contributed by atoms with Crippen LogP contribution in [0.3, 0.4) is 0 Å². The summed E-state index contributed by atoms with van der Waals surface area (Å²) < 4.78 is 5.12. The molecule has 0 radical (unpaired) electrons. The highest BCUT2D eigenvalue weighted by molar-refractivity contribution is 9.10. The van der Waals surface area contributed by atoms with Crippen molar-refractivity contribution in [1.29, 1.82) is 0 Å². The van der Waals surface area contributed by atoms with Gasteiger partial charge in [-0.25, -0.2) is 4.79 Å². The number of hydrogen-bond donors (Lipinski definition) is 2. The van der Waals surface area contributed by atoms with E-state index in [2.05, 4.69) is 20.7 Å². The van der Waals surface area contributed by atoms with E-state index in [1.807, 2.05) is 0 Å². The fourth-order valence-electron chi connectivity index (χ4n) is 0.906. The number of ether oxygens (including phenoxy) is 1. The van der Waals surface area contributed by atoms with Gasteiger partial charge in [0.15, 0.2) is 0 Å². The maximum atomic E-state index is 11.1. The number of nitrogen functional groups attached to an aromatic ring is 2. The monoisotopic (exact) mass is 244 g/mol. The number of anilines is 2. The van der Waals surface area contributed by atoms with Crippen molar-refractivity contribution in [3.63, 3.8) is 0 Å². The smallest absolute Gasteiger partial charge is 0.337 e. The Hall–Kier alpha value is -1.23. The summed E-state index contributed by atoms with van der Waals surface area (Å²) in [5.74, 6) is -0.453. The van der Waals surface area contributed by atoms with Crippen LogP contribution in [0.25, 0.3) is 0 Å². The van der Waals surface area contributed by atoms with Crippen LogP contribution in [0.4, 0.5) is 11.4 Å². The van der Waals surface area contributed by atoms with Crippen LogP contribution < -0.4 is 11.5 Å². The highest BCUT2D eigenvalue weighted by Crippen LogP contribution is 2.27. The molecule has 0 heterocycles. The molecule has 0 saturated heterocycles. The minimum Gasteiger partial charge on any atom is -0.465 e. The molecule has 13 heavy (non-hydrogen) atoms. The summed E-state index contributed by atoms with van der Waals surface area (Å²) in [6, 6.07) is 3.01. The number of benzene rings is 1. The lowest BCUT2D eigenvalue weighted by Crippen LogP contribution is -2.04. The molecule has 0 aliphatic carbocycles. The number of hydrogen-bond acceptors (Lipinski definition) is 4. The predicted molar refractivity (Wildman–Crippen MR) is 54.3 cm³/mol. The molecule has 1 aromatic carbocycles. The SMILES string of the molecule is COC(=O)c1cc(N)c(Br)c(N)c1. The zero-order valence-corrected chi connectivity index (χ0v) is 8.59. The van der Waals surface area contributed by atoms with Crippen LogP contribution in [0, 0.1) is 0 Å². The first-order valence-electron chi connectivity index (χ1n) is 3.49. The van der Waals surface area contributed by atoms with Crippen molar-refractivity contribution < 1.29 is 9.53 Å². The van der Waals surface area contributed by atoms with E-state index in [1.165, 1.54) is 19.2 Å². The van der Waals surface area contributed by atoms with Gasteiger partial charge in [-0.3, -0.25) is 0 Å². The van der Waals surface area contributed by atoms with E-state index < -0.39 is 5.97 Å². The van der Waals surface area contributed by atoms with Crippen LogP contribution in [0.15, 0.2) is 16.6 Å². The van der Waals surface area contributed by atoms with Gasteiger partial charge >= 0.3 is 5.97 Å². The second-order valence-corrected chi connectivity index (χ2v) is 3.25. The van der Waals surface area contributed by atoms with E-state index >= 15 is 0 Å². The summed E-state index contributed by atoms with van der Waals surface area (Å²) >= 11 is 3.18. The Bertz CT molecular complexity index is 329. The zero-order chi connectivity index (χ0) is 10.0. The number of esters is 1. The van der Waals surface area contributed by atoms with Crippen molar-refractivity contribution in [2.24, 2.45) is 0 Å². The Kier molecular flexibility index (Phi) is 2.77. The lowest BCUT2D eigenvalue weighted by Gasteiger charge is -2.05. The van der Waals surface area contributed by atoms with Crippen LogP contribution >= 0.6 is 15.9 Å². The summed E-state index contributed by atoms with van der Waals surface area (Å²) in [5.41, 5.74) is 12.3. The molecule has 1 rings (SSSR count). The largest absolute Gasteiger partial charge is 0.465 e. The Morgan fingerprint density at radius 3 is 2.23 bits per heavy atom. The Balaban J connectivity index is 3.20. The minimum atomic E-state index is -0.453. The van der Waals surface area contributed by atoms with Crippen molar-refractivity contribution in [2.45, 2.75) is 0 Å². The van der Waals surface area contributed by atoms with Gasteiger partial charge in [0.05, 0.1) is 17.1 Å². The average molecular weight is 245 g/mol. The molecular formula is C8H9BrN2O2. The zero-order valence-electron chi connectivity index (χ0n) is 7.00. The normalized spacial score (nSPS) is 9.69. The topological polar surface area (TPSA) is 78.3 Å². The third-order valence-corrected chi connectivity index (χ3v) is 2.47. The van der Waals surface area contributed by atoms with E-state index in [4.69, 9.17) is 11.5 Å². The van der Waals surface area contributed by atoms with Crippen LogP contribution in [-0.2, 0) is 4.74 Å². The van der Waals surface area contributed by atoms with Crippen molar-refractivity contribution in [2.75, 3.05) is 18.6 Å². The Labute approximate surface area is 84.0 Å². The number of nitrogens with two attached hydrogens (primary N) is 2. The van der Waals surface area contributed by atoms with Gasteiger partial charge in [0.25, 0.3) is 0 Å². The number of rotatable bonds is 1. The molecule has 4 N–H and O–H groups in total. The third kappa shape index (κ3) is 1.92. The van der Waals surface area contributed by atoms with Gasteiger partial charge < -0.3 is 16.2 Å². The summed E-state index contributed by atoms with van der Waals surface area (Å²) in [4.78, 5) is 11.1. The Morgan fingerprint density at radius 2 is 1.85 bits per heavy atom. The van der Waals surface area contributed by atoms with Gasteiger partial charge in [-0.1, -0.05) is 0 Å². The van der Waals surface area contributed by atoms with Gasteiger partial charge in [0.2, 0.25) is 0 Å². The van der Waals surface area contributed by atoms with E-state index in [0.29, 0.717) is 21.4 Å². The molecule has 0 spiro atoms. The van der Waals surface area contributed by atoms with Gasteiger partial charge in [-0.15, -0.1) is 0 Å². The van der Waals surface area contributed by atoms with Crippen molar-refractivity contribution in [3.8, 4) is 0 Å². The molecule has 1 aromatic rings. The fourth-order valence-corrected chi connectivity index (χ4v) is 1.13. The van der Waals surface area contributed by atoms with Crippen molar-refractivity contribution in [3.05, 3.63) is 22.2 Å². The number of methoxy groups -OCH3 is 1. The number of carbonyl (C=O) groups excluding carboxylic acids is 1. The third-order valence-electron chi connectivity index (χ3n) is 1.55. The quantitative estimate of drug-likeness (QED) is 0.579. The summed E-state index contributed by atoms with van der Waals surface area (Å²) in [6.45, 7) is 0. The average Bonchev–Trinajstić information content (AvgIpc) is 2.12. The van der Waals surface area contributed by atoms with Crippen LogP contribution in [0.1, 0.15) is 10.4 Å². The van der Waals surface area contributed by atoms with Crippen LogP contribution in [-0.4, -0.2) is 13.1 Å². The van der Waals surface area contributed by atoms with E-state index in [1.54, 1.807) is 0 Å². The standard InChI is InChI=1S/C8H9BrN2O2/c1-13-8(12)4-2-5(10)7(9)6(11)3-4/h2-3H,10-11H2,1H3. The second kappa shape index (κ2) is 3.66. The van der Waals surface area contributed by atoms with Gasteiger partial charge in [0, 0.05) is 11.4 Å². The molecule has 0 aliphatic rings. The summed E-state index contributed by atoms with van der Waals surface area (Å²) in [7, 11) is 1.30. The summed E-state index contributed by atoms with van der Waals surface area (Å²) in [5, 5.41) is 0. The first kappa shape index (κ1) is 9.85. The van der Waals surface area contributed by atoms with E-state index in [-0.39, 0.29) is 0 Å². The highest BCUT2D eigenvalue weighted by Gasteiger charge is 2.09. The van der Waals surface area contributed by atoms with Crippen LogP contribution in [0.5, 0.6) is 0 Å². The first-order chi connectivity index (χ1) is 6.06. The van der Waals surface area contributed by atoms with Gasteiger partial charge in [0.1, 0.15) is 0 Å². The molecule has 70 valence electrons. The molecule has 5 heteroatoms. The molecule has 0 atom stereocenters. The molecule has 0 unspecified atom stereocenters. The molecule has 0 aliphatic heterocycles. The minimum absolute atomic E-state index is 0.348. The van der Waals surface area contributed by atoms with Crippen molar-refractivity contribution in [1.82, 2.24) is 0 Å².